The number of nitriles is 1. The number of imidazole rings is 1. The van der Waals surface area contributed by atoms with E-state index in [0.717, 1.165) is 32.5 Å². The van der Waals surface area contributed by atoms with Gasteiger partial charge in [0.15, 0.2) is 0 Å². The Morgan fingerprint density at radius 3 is 2.94 bits per heavy atom. The highest BCUT2D eigenvalue weighted by molar-refractivity contribution is 4.79. The predicted molar refractivity (Wildman–Crippen MR) is 68.3 cm³/mol. The number of aryl methyl sites for hydroxylation is 1. The van der Waals surface area contributed by atoms with E-state index in [1.807, 2.05) is 12.5 Å². The van der Waals surface area contributed by atoms with Gasteiger partial charge in [0.1, 0.15) is 0 Å². The molecule has 0 amide bonds. The van der Waals surface area contributed by atoms with Gasteiger partial charge in [-0.2, -0.15) is 5.26 Å². The van der Waals surface area contributed by atoms with Gasteiger partial charge in [0.2, 0.25) is 0 Å². The lowest BCUT2D eigenvalue weighted by Gasteiger charge is -2.23. The largest absolute Gasteiger partial charge is 0.337 e. The van der Waals surface area contributed by atoms with Gasteiger partial charge in [0.25, 0.3) is 0 Å². The number of hydrogen-bond acceptors (Lipinski definition) is 3. The van der Waals surface area contributed by atoms with Crippen LogP contribution in [0.4, 0.5) is 0 Å². The van der Waals surface area contributed by atoms with Crippen LogP contribution in [-0.4, -0.2) is 22.6 Å². The molecule has 0 radical (unpaired) electrons. The van der Waals surface area contributed by atoms with E-state index in [-0.39, 0.29) is 5.41 Å². The highest BCUT2D eigenvalue weighted by Crippen LogP contribution is 2.20. The van der Waals surface area contributed by atoms with E-state index in [1.165, 1.54) is 0 Å². The maximum absolute atomic E-state index is 8.57. The van der Waals surface area contributed by atoms with Gasteiger partial charge >= 0.3 is 0 Å². The molecule has 4 nitrogen and oxygen atoms in total. The van der Waals surface area contributed by atoms with Crippen molar-refractivity contribution in [2.24, 2.45) is 5.41 Å². The predicted octanol–water partition coefficient (Wildman–Crippen LogP) is 2.19. The Morgan fingerprint density at radius 2 is 2.29 bits per heavy atom. The second kappa shape index (κ2) is 7.08. The van der Waals surface area contributed by atoms with Gasteiger partial charge in [0, 0.05) is 31.9 Å². The van der Waals surface area contributed by atoms with Crippen molar-refractivity contribution in [1.29, 1.82) is 5.26 Å². The molecular formula is C13H22N4. The number of hydrogen-bond donors (Lipinski definition) is 1. The smallest absolute Gasteiger partial charge is 0.0945 e. The summed E-state index contributed by atoms with van der Waals surface area (Å²) in [6.45, 7) is 7.39. The Bertz CT molecular complexity index is 335. The van der Waals surface area contributed by atoms with E-state index >= 15 is 0 Å². The topological polar surface area (TPSA) is 53.6 Å². The van der Waals surface area contributed by atoms with Crippen molar-refractivity contribution in [2.75, 3.05) is 13.1 Å². The molecule has 0 spiro atoms. The quantitative estimate of drug-likeness (QED) is 0.701. The van der Waals surface area contributed by atoms with Crippen LogP contribution in [0.3, 0.4) is 0 Å². The molecule has 1 N–H and O–H groups in total. The molecule has 1 heterocycles. The zero-order valence-corrected chi connectivity index (χ0v) is 10.8. The maximum atomic E-state index is 8.57. The monoisotopic (exact) mass is 234 g/mol. The molecular weight excluding hydrogens is 212 g/mol. The van der Waals surface area contributed by atoms with Crippen molar-refractivity contribution in [3.05, 3.63) is 18.7 Å². The SMILES string of the molecule is CC(C)(CCC#N)CNCCCn1ccnc1. The van der Waals surface area contributed by atoms with Crippen LogP contribution >= 0.6 is 0 Å². The third-order valence-electron chi connectivity index (χ3n) is 2.85. The number of aromatic nitrogens is 2. The minimum atomic E-state index is 0.213. The molecule has 0 aliphatic heterocycles. The fourth-order valence-electron chi connectivity index (χ4n) is 1.72. The van der Waals surface area contributed by atoms with Crippen LogP contribution in [0.1, 0.15) is 33.1 Å². The zero-order chi connectivity index (χ0) is 12.6. The average Bonchev–Trinajstić information content (AvgIpc) is 2.79. The molecule has 0 bridgehead atoms. The van der Waals surface area contributed by atoms with Crippen LogP contribution in [0.2, 0.25) is 0 Å². The summed E-state index contributed by atoms with van der Waals surface area (Å²) in [4.78, 5) is 4.01. The van der Waals surface area contributed by atoms with Crippen molar-refractivity contribution in [2.45, 2.75) is 39.7 Å². The summed E-state index contributed by atoms with van der Waals surface area (Å²) in [6.07, 6.45) is 8.33. The fourth-order valence-corrected chi connectivity index (χ4v) is 1.72. The lowest BCUT2D eigenvalue weighted by Crippen LogP contribution is -2.30. The zero-order valence-electron chi connectivity index (χ0n) is 10.8. The van der Waals surface area contributed by atoms with Crippen molar-refractivity contribution < 1.29 is 0 Å². The van der Waals surface area contributed by atoms with E-state index in [1.54, 1.807) is 6.20 Å². The summed E-state index contributed by atoms with van der Waals surface area (Å²) in [7, 11) is 0. The maximum Gasteiger partial charge on any atom is 0.0945 e. The van der Waals surface area contributed by atoms with Gasteiger partial charge in [-0.1, -0.05) is 13.8 Å². The number of rotatable bonds is 8. The van der Waals surface area contributed by atoms with Crippen molar-refractivity contribution in [1.82, 2.24) is 14.9 Å². The summed E-state index contributed by atoms with van der Waals surface area (Å²) in [5.74, 6) is 0. The van der Waals surface area contributed by atoms with Crippen LogP contribution < -0.4 is 5.32 Å². The van der Waals surface area contributed by atoms with Gasteiger partial charge < -0.3 is 9.88 Å². The molecule has 1 aromatic heterocycles. The van der Waals surface area contributed by atoms with Crippen LogP contribution in [-0.2, 0) is 6.54 Å². The second-order valence-electron chi connectivity index (χ2n) is 5.15. The molecule has 1 rings (SSSR count). The van der Waals surface area contributed by atoms with Crippen molar-refractivity contribution in [3.8, 4) is 6.07 Å². The lowest BCUT2D eigenvalue weighted by molar-refractivity contribution is 0.316. The molecule has 0 saturated heterocycles. The third kappa shape index (κ3) is 6.08. The molecule has 1 aromatic rings. The van der Waals surface area contributed by atoms with E-state index in [9.17, 15) is 0 Å². The van der Waals surface area contributed by atoms with Crippen LogP contribution in [0.5, 0.6) is 0 Å². The summed E-state index contributed by atoms with van der Waals surface area (Å²) >= 11 is 0. The molecule has 0 aromatic carbocycles. The first-order valence-electron chi connectivity index (χ1n) is 6.17. The van der Waals surface area contributed by atoms with Crippen LogP contribution in [0.15, 0.2) is 18.7 Å². The lowest BCUT2D eigenvalue weighted by atomic mass is 9.88. The molecule has 17 heavy (non-hydrogen) atoms. The number of nitrogens with zero attached hydrogens (tertiary/aromatic N) is 3. The van der Waals surface area contributed by atoms with E-state index < -0.39 is 0 Å². The van der Waals surface area contributed by atoms with E-state index in [2.05, 4.69) is 34.8 Å². The minimum Gasteiger partial charge on any atom is -0.337 e. The van der Waals surface area contributed by atoms with Crippen LogP contribution in [0.25, 0.3) is 0 Å². The Morgan fingerprint density at radius 1 is 1.47 bits per heavy atom. The summed E-state index contributed by atoms with van der Waals surface area (Å²) in [5, 5.41) is 12.0. The highest BCUT2D eigenvalue weighted by atomic mass is 15.0. The standard InChI is InChI=1S/C13H22N4/c1-13(2,5-3-6-14)11-15-7-4-9-17-10-8-16-12-17/h8,10,12,15H,3-5,7,9,11H2,1-2H3. The molecule has 0 saturated carbocycles. The van der Waals surface area contributed by atoms with Gasteiger partial charge in [-0.05, 0) is 24.8 Å². The van der Waals surface area contributed by atoms with Gasteiger partial charge in [0.05, 0.1) is 12.4 Å². The first kappa shape index (κ1) is 13.7. The average molecular weight is 234 g/mol. The Kier molecular flexibility index (Phi) is 5.71. The highest BCUT2D eigenvalue weighted by Gasteiger charge is 2.16. The Balaban J connectivity index is 2.05. The van der Waals surface area contributed by atoms with Gasteiger partial charge in [-0.3, -0.25) is 0 Å². The Labute approximate surface area is 104 Å². The molecule has 0 fully saturated rings. The minimum absolute atomic E-state index is 0.213. The molecule has 0 atom stereocenters. The fraction of sp³-hybridized carbons (Fsp3) is 0.692. The molecule has 4 heteroatoms. The van der Waals surface area contributed by atoms with E-state index in [0.29, 0.717) is 6.42 Å². The van der Waals surface area contributed by atoms with Gasteiger partial charge in [-0.25, -0.2) is 4.98 Å². The molecule has 0 aliphatic rings. The molecule has 94 valence electrons. The number of nitrogens with one attached hydrogen (secondary N) is 1. The summed E-state index contributed by atoms with van der Waals surface area (Å²) < 4.78 is 2.09. The molecule has 0 unspecified atom stereocenters. The first-order chi connectivity index (χ1) is 8.14. The summed E-state index contributed by atoms with van der Waals surface area (Å²) in [5.41, 5.74) is 0.213. The van der Waals surface area contributed by atoms with Crippen LogP contribution in [0, 0.1) is 16.7 Å². The first-order valence-corrected chi connectivity index (χ1v) is 6.17. The van der Waals surface area contributed by atoms with E-state index in [4.69, 9.17) is 5.26 Å². The van der Waals surface area contributed by atoms with Crippen molar-refractivity contribution in [3.63, 3.8) is 0 Å². The Hall–Kier alpha value is -1.34. The normalized spacial score (nSPS) is 11.4. The molecule has 0 aliphatic carbocycles. The van der Waals surface area contributed by atoms with Crippen molar-refractivity contribution >= 4 is 0 Å². The third-order valence-corrected chi connectivity index (χ3v) is 2.85. The second-order valence-corrected chi connectivity index (χ2v) is 5.15. The summed E-state index contributed by atoms with van der Waals surface area (Å²) in [6, 6.07) is 2.21. The van der Waals surface area contributed by atoms with Gasteiger partial charge in [-0.15, -0.1) is 0 Å².